The predicted octanol–water partition coefficient (Wildman–Crippen LogP) is 2.28. The predicted molar refractivity (Wildman–Crippen MR) is 111 cm³/mol. The summed E-state index contributed by atoms with van der Waals surface area (Å²) in [5, 5.41) is 0. The van der Waals surface area contributed by atoms with Crippen LogP contribution in [0.4, 0.5) is 0 Å². The maximum absolute atomic E-state index is 13.0. The number of esters is 1. The molecule has 9 heteroatoms. The average Bonchev–Trinajstić information content (AvgIpc) is 3.29. The van der Waals surface area contributed by atoms with Gasteiger partial charge in [0.2, 0.25) is 10.0 Å². The molecule has 0 saturated carbocycles. The van der Waals surface area contributed by atoms with Gasteiger partial charge in [-0.05, 0) is 56.7 Å². The van der Waals surface area contributed by atoms with Gasteiger partial charge in [-0.15, -0.1) is 0 Å². The maximum Gasteiger partial charge on any atom is 0.338 e. The van der Waals surface area contributed by atoms with Crippen LogP contribution >= 0.6 is 0 Å². The van der Waals surface area contributed by atoms with Crippen LogP contribution in [-0.2, 0) is 19.6 Å². The van der Waals surface area contributed by atoms with Crippen LogP contribution in [-0.4, -0.2) is 68.9 Å². The number of hydrogen-bond donors (Lipinski definition) is 0. The lowest BCUT2D eigenvalue weighted by molar-refractivity contribution is -0.141. The minimum absolute atomic E-state index is 0.0645. The molecule has 2 aliphatic heterocycles. The Morgan fingerprint density at radius 3 is 2.33 bits per heavy atom. The fraction of sp³-hybridized carbons (Fsp3) is 0.619. The average molecular weight is 439 g/mol. The van der Waals surface area contributed by atoms with E-state index in [-0.39, 0.29) is 22.1 Å². The number of nitrogens with zero attached hydrogens (tertiary/aromatic N) is 2. The first-order valence-electron chi connectivity index (χ1n) is 10.4. The number of ether oxygens (including phenoxy) is 2. The minimum atomic E-state index is -3.78. The van der Waals surface area contributed by atoms with Crippen molar-refractivity contribution in [3.8, 4) is 5.75 Å². The Morgan fingerprint density at radius 1 is 1.10 bits per heavy atom. The molecular formula is C21H30N2O6S. The van der Waals surface area contributed by atoms with Crippen molar-refractivity contribution in [2.24, 2.45) is 5.92 Å². The molecule has 0 unspecified atom stereocenters. The molecule has 1 amide bonds. The van der Waals surface area contributed by atoms with Gasteiger partial charge >= 0.3 is 5.97 Å². The first-order chi connectivity index (χ1) is 14.2. The molecule has 0 radical (unpaired) electrons. The number of amides is 1. The van der Waals surface area contributed by atoms with Gasteiger partial charge in [0.25, 0.3) is 5.91 Å². The van der Waals surface area contributed by atoms with Gasteiger partial charge < -0.3 is 14.4 Å². The summed E-state index contributed by atoms with van der Waals surface area (Å²) in [6.07, 6.45) is 2.54. The van der Waals surface area contributed by atoms with Gasteiger partial charge in [-0.2, -0.15) is 4.31 Å². The van der Waals surface area contributed by atoms with E-state index >= 15 is 0 Å². The van der Waals surface area contributed by atoms with E-state index < -0.39 is 22.1 Å². The van der Waals surface area contributed by atoms with Gasteiger partial charge in [0.1, 0.15) is 10.6 Å². The van der Waals surface area contributed by atoms with Crippen LogP contribution in [0.2, 0.25) is 0 Å². The number of methoxy groups -OCH3 is 1. The molecular weight excluding hydrogens is 408 g/mol. The van der Waals surface area contributed by atoms with E-state index in [1.807, 2.05) is 0 Å². The normalized spacial score (nSPS) is 19.5. The molecule has 0 N–H and O–H groups in total. The fourth-order valence-electron chi connectivity index (χ4n) is 3.84. The van der Waals surface area contributed by atoms with Gasteiger partial charge in [-0.3, -0.25) is 4.79 Å². The number of hydrogen-bond acceptors (Lipinski definition) is 6. The smallest absolute Gasteiger partial charge is 0.338 e. The highest BCUT2D eigenvalue weighted by molar-refractivity contribution is 7.89. The van der Waals surface area contributed by atoms with Gasteiger partial charge in [0.05, 0.1) is 12.7 Å². The molecule has 0 aliphatic carbocycles. The molecule has 2 heterocycles. The van der Waals surface area contributed by atoms with Crippen molar-refractivity contribution in [1.82, 2.24) is 9.21 Å². The number of piperidine rings is 1. The minimum Gasteiger partial charge on any atom is -0.495 e. The van der Waals surface area contributed by atoms with Crippen molar-refractivity contribution < 1.29 is 27.5 Å². The van der Waals surface area contributed by atoms with Crippen molar-refractivity contribution >= 4 is 21.9 Å². The van der Waals surface area contributed by atoms with Crippen molar-refractivity contribution in [3.05, 3.63) is 23.8 Å². The van der Waals surface area contributed by atoms with Crippen LogP contribution in [0.15, 0.2) is 23.1 Å². The molecule has 2 saturated heterocycles. The summed E-state index contributed by atoms with van der Waals surface area (Å²) >= 11 is 0. The number of carbonyl (C=O) groups is 2. The highest BCUT2D eigenvalue weighted by atomic mass is 32.2. The molecule has 166 valence electrons. The van der Waals surface area contributed by atoms with Gasteiger partial charge in [-0.25, -0.2) is 13.2 Å². The van der Waals surface area contributed by atoms with Crippen LogP contribution in [0, 0.1) is 5.92 Å². The number of benzene rings is 1. The van der Waals surface area contributed by atoms with Gasteiger partial charge in [0, 0.05) is 26.2 Å². The van der Waals surface area contributed by atoms with Crippen molar-refractivity contribution in [3.63, 3.8) is 0 Å². The van der Waals surface area contributed by atoms with E-state index in [2.05, 4.69) is 6.92 Å². The molecule has 0 bridgehead atoms. The summed E-state index contributed by atoms with van der Waals surface area (Å²) in [4.78, 5) is 26.9. The second-order valence-electron chi connectivity index (χ2n) is 8.03. The second-order valence-corrected chi connectivity index (χ2v) is 9.94. The van der Waals surface area contributed by atoms with E-state index in [0.717, 1.165) is 25.7 Å². The zero-order valence-corrected chi connectivity index (χ0v) is 18.6. The summed E-state index contributed by atoms with van der Waals surface area (Å²) in [6, 6.07) is 4.16. The van der Waals surface area contributed by atoms with E-state index in [0.29, 0.717) is 32.1 Å². The molecule has 1 aromatic carbocycles. The lowest BCUT2D eigenvalue weighted by atomic mass is 9.99. The Labute approximate surface area is 178 Å². The van der Waals surface area contributed by atoms with E-state index in [1.165, 1.54) is 29.6 Å². The Morgan fingerprint density at radius 2 is 1.73 bits per heavy atom. The monoisotopic (exact) mass is 438 g/mol. The Kier molecular flexibility index (Phi) is 7.02. The number of sulfonamides is 1. The Balaban J connectivity index is 1.75. The summed E-state index contributed by atoms with van der Waals surface area (Å²) in [5.41, 5.74) is 0.0699. The Bertz CT molecular complexity index is 887. The van der Waals surface area contributed by atoms with Gasteiger partial charge in [0.15, 0.2) is 6.10 Å². The number of rotatable bonds is 6. The molecule has 8 nitrogen and oxygen atoms in total. The quantitative estimate of drug-likeness (QED) is 0.633. The van der Waals surface area contributed by atoms with Crippen molar-refractivity contribution in [2.45, 2.75) is 50.5 Å². The summed E-state index contributed by atoms with van der Waals surface area (Å²) in [6.45, 7) is 5.90. The highest BCUT2D eigenvalue weighted by Crippen LogP contribution is 2.30. The lowest BCUT2D eigenvalue weighted by Gasteiger charge is -2.31. The van der Waals surface area contributed by atoms with Crippen LogP contribution in [0.5, 0.6) is 5.75 Å². The zero-order chi connectivity index (χ0) is 21.9. The van der Waals surface area contributed by atoms with Crippen LogP contribution in [0.3, 0.4) is 0 Å². The van der Waals surface area contributed by atoms with E-state index in [9.17, 15) is 18.0 Å². The molecule has 3 rings (SSSR count). The SMILES string of the molecule is COc1ccc(C(=O)O[C@@H](C)C(=O)N2CCC(C)CC2)cc1S(=O)(=O)N1CCCC1. The van der Waals surface area contributed by atoms with Crippen LogP contribution in [0.1, 0.15) is 49.9 Å². The summed E-state index contributed by atoms with van der Waals surface area (Å²) in [5.74, 6) is -0.206. The summed E-state index contributed by atoms with van der Waals surface area (Å²) in [7, 11) is -2.39. The first kappa shape index (κ1) is 22.6. The highest BCUT2D eigenvalue weighted by Gasteiger charge is 2.32. The third kappa shape index (κ3) is 4.78. The molecule has 0 aromatic heterocycles. The molecule has 2 fully saturated rings. The van der Waals surface area contributed by atoms with Crippen molar-refractivity contribution in [1.29, 1.82) is 0 Å². The van der Waals surface area contributed by atoms with Gasteiger partial charge in [-0.1, -0.05) is 6.92 Å². The summed E-state index contributed by atoms with van der Waals surface area (Å²) < 4.78 is 37.9. The standard InChI is InChI=1S/C21H30N2O6S/c1-15-8-12-22(13-9-15)20(24)16(2)29-21(25)17-6-7-18(28-3)19(14-17)30(26,27)23-10-4-5-11-23/h6-7,14-16H,4-5,8-13H2,1-3H3/t16-/m0/s1. The number of carbonyl (C=O) groups excluding carboxylic acids is 2. The molecule has 2 aliphatic rings. The topological polar surface area (TPSA) is 93.2 Å². The first-order valence-corrected chi connectivity index (χ1v) is 11.9. The maximum atomic E-state index is 13.0. The molecule has 1 atom stereocenters. The third-order valence-corrected chi connectivity index (χ3v) is 7.73. The zero-order valence-electron chi connectivity index (χ0n) is 17.8. The van der Waals surface area contributed by atoms with Crippen LogP contribution < -0.4 is 4.74 Å². The Hall–Kier alpha value is -2.13. The molecule has 30 heavy (non-hydrogen) atoms. The number of likely N-dealkylation sites (tertiary alicyclic amines) is 1. The van der Waals surface area contributed by atoms with Crippen LogP contribution in [0.25, 0.3) is 0 Å². The molecule has 0 spiro atoms. The fourth-order valence-corrected chi connectivity index (χ4v) is 5.54. The van der Waals surface area contributed by atoms with Crippen molar-refractivity contribution in [2.75, 3.05) is 33.3 Å². The van der Waals surface area contributed by atoms with E-state index in [1.54, 1.807) is 11.8 Å². The lowest BCUT2D eigenvalue weighted by Crippen LogP contribution is -2.44. The largest absolute Gasteiger partial charge is 0.495 e. The second kappa shape index (κ2) is 9.34. The third-order valence-electron chi connectivity index (χ3n) is 5.81. The van der Waals surface area contributed by atoms with E-state index in [4.69, 9.17) is 9.47 Å². The molecule has 1 aromatic rings.